The van der Waals surface area contributed by atoms with E-state index >= 15 is 0 Å². The average Bonchev–Trinajstić information content (AvgIpc) is 2.77. The van der Waals surface area contributed by atoms with Crippen LogP contribution in [0.1, 0.15) is 29.8 Å². The van der Waals surface area contributed by atoms with Gasteiger partial charge in [-0.15, -0.1) is 0 Å². The number of carbonyl (C=O) groups is 3. The van der Waals surface area contributed by atoms with E-state index in [2.05, 4.69) is 24.1 Å². The van der Waals surface area contributed by atoms with E-state index in [4.69, 9.17) is 17.3 Å². The Hall–Kier alpha value is -2.90. The van der Waals surface area contributed by atoms with Gasteiger partial charge < -0.3 is 20.9 Å². The van der Waals surface area contributed by atoms with Gasteiger partial charge in [-0.25, -0.2) is 0 Å². The molecule has 2 aromatic carbocycles. The van der Waals surface area contributed by atoms with Crippen molar-refractivity contribution in [3.63, 3.8) is 0 Å². The molecule has 0 unspecified atom stereocenters. The predicted molar refractivity (Wildman–Crippen MR) is 124 cm³/mol. The van der Waals surface area contributed by atoms with E-state index in [0.29, 0.717) is 34.9 Å². The van der Waals surface area contributed by atoms with Gasteiger partial charge in [0.25, 0.3) is 0 Å². The number of anilines is 1. The van der Waals surface area contributed by atoms with Crippen molar-refractivity contribution < 1.29 is 14.4 Å². The second-order valence-electron chi connectivity index (χ2n) is 7.05. The van der Waals surface area contributed by atoms with Crippen LogP contribution in [0.5, 0.6) is 0 Å². The van der Waals surface area contributed by atoms with Gasteiger partial charge in [-0.05, 0) is 31.3 Å². The van der Waals surface area contributed by atoms with Crippen LogP contribution in [-0.2, 0) is 9.59 Å². The summed E-state index contributed by atoms with van der Waals surface area (Å²) in [5.41, 5.74) is 6.69. The standard InChI is InChI=1S/C23H29ClN4O3/c1-3-27(4-2)12-13-28(16-22(30)26-15-21(25)29)20-11-10-18(24)14-19(20)23(31)17-8-6-5-7-9-17/h5-11,14H,3-4,12-13,15-16H2,1-2H3,(H2,25,29)(H,26,30). The fourth-order valence-corrected chi connectivity index (χ4v) is 3.38. The average molecular weight is 445 g/mol. The number of amides is 2. The second-order valence-corrected chi connectivity index (χ2v) is 7.48. The molecule has 0 spiro atoms. The van der Waals surface area contributed by atoms with E-state index in [9.17, 15) is 14.4 Å². The Morgan fingerprint density at radius 3 is 2.29 bits per heavy atom. The lowest BCUT2D eigenvalue weighted by Crippen LogP contribution is -2.44. The highest BCUT2D eigenvalue weighted by atomic mass is 35.5. The molecule has 3 N–H and O–H groups in total. The molecule has 2 aromatic rings. The van der Waals surface area contributed by atoms with Crippen LogP contribution < -0.4 is 16.0 Å². The maximum Gasteiger partial charge on any atom is 0.239 e. The number of likely N-dealkylation sites (N-methyl/N-ethyl adjacent to an activating group) is 1. The largest absolute Gasteiger partial charge is 0.368 e. The molecule has 0 fully saturated rings. The van der Waals surface area contributed by atoms with Crippen molar-refractivity contribution in [3.05, 3.63) is 64.7 Å². The molecular weight excluding hydrogens is 416 g/mol. The first-order valence-electron chi connectivity index (χ1n) is 10.3. The first-order chi connectivity index (χ1) is 14.8. The number of nitrogens with two attached hydrogens (primary N) is 1. The zero-order valence-electron chi connectivity index (χ0n) is 17.9. The van der Waals surface area contributed by atoms with Crippen molar-refractivity contribution in [3.8, 4) is 0 Å². The van der Waals surface area contributed by atoms with Crippen LogP contribution in [0, 0.1) is 0 Å². The van der Waals surface area contributed by atoms with Crippen LogP contribution in [0.2, 0.25) is 5.02 Å². The normalized spacial score (nSPS) is 10.7. The highest BCUT2D eigenvalue weighted by Gasteiger charge is 2.21. The fraction of sp³-hybridized carbons (Fsp3) is 0.348. The van der Waals surface area contributed by atoms with Crippen molar-refractivity contribution in [2.75, 3.05) is 44.2 Å². The first kappa shape index (κ1) is 24.4. The van der Waals surface area contributed by atoms with Gasteiger partial charge in [0.15, 0.2) is 5.78 Å². The number of nitrogens with zero attached hydrogens (tertiary/aromatic N) is 2. The minimum atomic E-state index is -0.616. The van der Waals surface area contributed by atoms with Gasteiger partial charge in [-0.2, -0.15) is 0 Å². The van der Waals surface area contributed by atoms with E-state index in [-0.39, 0.29) is 24.8 Å². The molecule has 166 valence electrons. The zero-order valence-corrected chi connectivity index (χ0v) is 18.7. The Labute approximate surface area is 188 Å². The molecule has 0 atom stereocenters. The number of hydrogen-bond acceptors (Lipinski definition) is 5. The van der Waals surface area contributed by atoms with Gasteiger partial charge in [0, 0.05) is 34.9 Å². The van der Waals surface area contributed by atoms with Gasteiger partial charge in [0.05, 0.1) is 13.1 Å². The molecular formula is C23H29ClN4O3. The first-order valence-corrected chi connectivity index (χ1v) is 10.6. The van der Waals surface area contributed by atoms with Crippen molar-refractivity contribution in [1.29, 1.82) is 0 Å². The molecule has 0 aliphatic heterocycles. The number of ketones is 1. The van der Waals surface area contributed by atoms with Crippen LogP contribution >= 0.6 is 11.6 Å². The lowest BCUT2D eigenvalue weighted by molar-refractivity contribution is -0.123. The molecule has 0 aliphatic rings. The number of rotatable bonds is 12. The SMILES string of the molecule is CCN(CC)CCN(CC(=O)NCC(N)=O)c1ccc(Cl)cc1C(=O)c1ccccc1. The Balaban J connectivity index is 2.37. The molecule has 8 heteroatoms. The number of primary amides is 1. The molecule has 0 saturated carbocycles. The van der Waals surface area contributed by atoms with E-state index in [1.54, 1.807) is 42.5 Å². The molecule has 0 heterocycles. The molecule has 0 aromatic heterocycles. The fourth-order valence-electron chi connectivity index (χ4n) is 3.21. The van der Waals surface area contributed by atoms with Crippen molar-refractivity contribution >= 4 is 34.9 Å². The van der Waals surface area contributed by atoms with Crippen molar-refractivity contribution in [1.82, 2.24) is 10.2 Å². The Bertz CT molecular complexity index is 901. The number of carbonyl (C=O) groups excluding carboxylic acids is 3. The summed E-state index contributed by atoms with van der Waals surface area (Å²) < 4.78 is 0. The number of hydrogen-bond donors (Lipinski definition) is 2. The van der Waals surface area contributed by atoms with Crippen LogP contribution in [0.4, 0.5) is 5.69 Å². The molecule has 2 rings (SSSR count). The third-order valence-electron chi connectivity index (χ3n) is 4.95. The summed E-state index contributed by atoms with van der Waals surface area (Å²) in [5.74, 6) is -1.15. The molecule has 0 aliphatic carbocycles. The third-order valence-corrected chi connectivity index (χ3v) is 5.19. The smallest absolute Gasteiger partial charge is 0.239 e. The monoisotopic (exact) mass is 444 g/mol. The summed E-state index contributed by atoms with van der Waals surface area (Å²) in [7, 11) is 0. The maximum atomic E-state index is 13.2. The van der Waals surface area contributed by atoms with Crippen molar-refractivity contribution in [2.45, 2.75) is 13.8 Å². The number of nitrogens with one attached hydrogen (secondary N) is 1. The van der Waals surface area contributed by atoms with E-state index in [0.717, 1.165) is 13.1 Å². The molecule has 31 heavy (non-hydrogen) atoms. The van der Waals surface area contributed by atoms with Gasteiger partial charge in [-0.3, -0.25) is 14.4 Å². The Morgan fingerprint density at radius 1 is 1.00 bits per heavy atom. The van der Waals surface area contributed by atoms with E-state index < -0.39 is 5.91 Å². The molecule has 0 saturated heterocycles. The summed E-state index contributed by atoms with van der Waals surface area (Å²) in [4.78, 5) is 40.7. The number of benzene rings is 2. The summed E-state index contributed by atoms with van der Waals surface area (Å²) >= 11 is 6.21. The van der Waals surface area contributed by atoms with Crippen molar-refractivity contribution in [2.24, 2.45) is 5.73 Å². The van der Waals surface area contributed by atoms with E-state index in [1.807, 2.05) is 11.0 Å². The summed E-state index contributed by atoms with van der Waals surface area (Å²) in [5, 5.41) is 2.95. The predicted octanol–water partition coefficient (Wildman–Crippen LogP) is 2.32. The molecule has 7 nitrogen and oxygen atoms in total. The van der Waals surface area contributed by atoms with Crippen LogP contribution in [-0.4, -0.2) is 61.8 Å². The van der Waals surface area contributed by atoms with Gasteiger partial charge in [0.1, 0.15) is 0 Å². The minimum Gasteiger partial charge on any atom is -0.368 e. The zero-order chi connectivity index (χ0) is 22.8. The highest BCUT2D eigenvalue weighted by molar-refractivity contribution is 6.31. The van der Waals surface area contributed by atoms with Gasteiger partial charge in [0.2, 0.25) is 11.8 Å². The minimum absolute atomic E-state index is 0.0226. The van der Waals surface area contributed by atoms with Crippen LogP contribution in [0.15, 0.2) is 48.5 Å². The highest BCUT2D eigenvalue weighted by Crippen LogP contribution is 2.27. The summed E-state index contributed by atoms with van der Waals surface area (Å²) in [6.45, 7) is 6.84. The maximum absolute atomic E-state index is 13.2. The summed E-state index contributed by atoms with van der Waals surface area (Å²) in [6, 6.07) is 14.0. The van der Waals surface area contributed by atoms with Crippen LogP contribution in [0.3, 0.4) is 0 Å². The Kier molecular flexibility index (Phi) is 9.49. The Morgan fingerprint density at radius 2 is 1.68 bits per heavy atom. The lowest BCUT2D eigenvalue weighted by Gasteiger charge is -2.29. The molecule has 2 amide bonds. The van der Waals surface area contributed by atoms with Crippen LogP contribution in [0.25, 0.3) is 0 Å². The second kappa shape index (κ2) is 12.1. The molecule has 0 bridgehead atoms. The summed E-state index contributed by atoms with van der Waals surface area (Å²) in [6.07, 6.45) is 0. The lowest BCUT2D eigenvalue weighted by atomic mass is 10.0. The number of halogens is 1. The van der Waals surface area contributed by atoms with Gasteiger partial charge in [-0.1, -0.05) is 55.8 Å². The van der Waals surface area contributed by atoms with Gasteiger partial charge >= 0.3 is 0 Å². The third kappa shape index (κ3) is 7.38. The quantitative estimate of drug-likeness (QED) is 0.490. The topological polar surface area (TPSA) is 95.7 Å². The van der Waals surface area contributed by atoms with E-state index in [1.165, 1.54) is 0 Å². The molecule has 0 radical (unpaired) electrons.